The zero-order valence-electron chi connectivity index (χ0n) is 14.7. The summed E-state index contributed by atoms with van der Waals surface area (Å²) in [5, 5.41) is 9.42. The van der Waals surface area contributed by atoms with E-state index in [4.69, 9.17) is 16.9 Å². The number of anilines is 2. The summed E-state index contributed by atoms with van der Waals surface area (Å²) in [6, 6.07) is 3.89. The Bertz CT molecular complexity index is 798. The number of guanidine groups is 1. The molecule has 1 aliphatic heterocycles. The smallest absolute Gasteiger partial charge is 0.282 e. The molecule has 3 heterocycles. The van der Waals surface area contributed by atoms with E-state index in [0.717, 1.165) is 35.7 Å². The lowest BCUT2D eigenvalue weighted by Gasteiger charge is -2.24. The minimum Gasteiger partial charge on any atom is -0.382 e. The Kier molecular flexibility index (Phi) is 5.36. The second-order valence-corrected chi connectivity index (χ2v) is 7.21. The molecule has 0 radical (unpaired) electrons. The summed E-state index contributed by atoms with van der Waals surface area (Å²) in [5.41, 5.74) is 12.2. The van der Waals surface area contributed by atoms with Gasteiger partial charge in [0, 0.05) is 20.1 Å². The lowest BCUT2D eigenvalue weighted by molar-refractivity contribution is 0.0864. The van der Waals surface area contributed by atoms with Crippen molar-refractivity contribution < 1.29 is 4.79 Å². The van der Waals surface area contributed by atoms with Gasteiger partial charge in [0.25, 0.3) is 5.91 Å². The molecule has 1 amide bonds. The Labute approximate surface area is 156 Å². The molecule has 0 bridgehead atoms. The number of hydrogen-bond acceptors (Lipinski definition) is 7. The molecular formula is C17H23N7OS. The molecule has 26 heavy (non-hydrogen) atoms. The number of nitrogens with two attached hydrogens (primary N) is 2. The lowest BCUT2D eigenvalue weighted by atomic mass is 10.2. The van der Waals surface area contributed by atoms with Gasteiger partial charge in [0.1, 0.15) is 5.69 Å². The normalized spacial score (nSPS) is 14.7. The molecule has 3 rings (SSSR count). The van der Waals surface area contributed by atoms with Crippen molar-refractivity contribution in [1.29, 1.82) is 5.41 Å². The highest BCUT2D eigenvalue weighted by Gasteiger charge is 2.25. The van der Waals surface area contributed by atoms with Crippen LogP contribution in [0.5, 0.6) is 0 Å². The third-order valence-corrected chi connectivity index (χ3v) is 5.31. The Morgan fingerprint density at radius 2 is 1.96 bits per heavy atom. The molecule has 0 spiro atoms. The maximum absolute atomic E-state index is 12.6. The third kappa shape index (κ3) is 3.62. The van der Waals surface area contributed by atoms with E-state index in [0.29, 0.717) is 11.5 Å². The van der Waals surface area contributed by atoms with Crippen LogP contribution in [0.25, 0.3) is 10.6 Å². The van der Waals surface area contributed by atoms with Gasteiger partial charge in [-0.2, -0.15) is 0 Å². The Morgan fingerprint density at radius 3 is 2.54 bits per heavy atom. The number of aromatic nitrogens is 2. The number of hydrogen-bond donors (Lipinski definition) is 3. The summed E-state index contributed by atoms with van der Waals surface area (Å²) in [7, 11) is 1.42. The average molecular weight is 373 g/mol. The first-order valence-corrected chi connectivity index (χ1v) is 9.45. The zero-order valence-corrected chi connectivity index (χ0v) is 15.6. The van der Waals surface area contributed by atoms with E-state index in [-0.39, 0.29) is 17.5 Å². The standard InChI is InChI=1S/C17H23N7OS/c1-23(17(19)20)16(25)13-14(18)22-15(24-8-4-2-3-5-9-24)12(21-13)11-7-6-10-26-11/h6-7,10H,2-5,8-9H2,1H3,(H2,18,22)(H3,19,20). The maximum atomic E-state index is 12.6. The fourth-order valence-electron chi connectivity index (χ4n) is 2.95. The molecule has 2 aromatic heterocycles. The van der Waals surface area contributed by atoms with Crippen LogP contribution in [0.4, 0.5) is 11.6 Å². The van der Waals surface area contributed by atoms with Crippen molar-refractivity contribution in [3.05, 3.63) is 23.2 Å². The van der Waals surface area contributed by atoms with Gasteiger partial charge in [0.05, 0.1) is 4.88 Å². The summed E-state index contributed by atoms with van der Waals surface area (Å²) in [5.74, 6) is -0.135. The van der Waals surface area contributed by atoms with Gasteiger partial charge in [-0.1, -0.05) is 18.9 Å². The largest absolute Gasteiger partial charge is 0.382 e. The molecule has 8 nitrogen and oxygen atoms in total. The van der Waals surface area contributed by atoms with Crippen LogP contribution in [-0.4, -0.2) is 46.9 Å². The third-order valence-electron chi connectivity index (χ3n) is 4.43. The molecule has 0 aromatic carbocycles. The van der Waals surface area contributed by atoms with E-state index in [9.17, 15) is 4.79 Å². The Balaban J connectivity index is 2.09. The Hall–Kier alpha value is -2.68. The van der Waals surface area contributed by atoms with Crippen molar-refractivity contribution in [3.8, 4) is 10.6 Å². The minimum atomic E-state index is -0.539. The summed E-state index contributed by atoms with van der Waals surface area (Å²) in [6.45, 7) is 1.79. The van der Waals surface area contributed by atoms with Crippen LogP contribution in [0.15, 0.2) is 17.5 Å². The predicted molar refractivity (Wildman–Crippen MR) is 104 cm³/mol. The first-order valence-electron chi connectivity index (χ1n) is 8.57. The van der Waals surface area contributed by atoms with Gasteiger partial charge in [-0.15, -0.1) is 11.3 Å². The first kappa shape index (κ1) is 18.1. The van der Waals surface area contributed by atoms with Gasteiger partial charge in [-0.3, -0.25) is 15.1 Å². The summed E-state index contributed by atoms with van der Waals surface area (Å²) < 4.78 is 0. The van der Waals surface area contributed by atoms with E-state index in [1.54, 1.807) is 0 Å². The van der Waals surface area contributed by atoms with Crippen molar-refractivity contribution >= 4 is 34.8 Å². The van der Waals surface area contributed by atoms with Crippen LogP contribution in [0, 0.1) is 5.41 Å². The molecule has 5 N–H and O–H groups in total. The highest BCUT2D eigenvalue weighted by atomic mass is 32.1. The summed E-state index contributed by atoms with van der Waals surface area (Å²) in [4.78, 5) is 25.8. The molecule has 2 aromatic rings. The number of nitrogens with zero attached hydrogens (tertiary/aromatic N) is 4. The average Bonchev–Trinajstić information content (AvgIpc) is 3.02. The maximum Gasteiger partial charge on any atom is 0.282 e. The van der Waals surface area contributed by atoms with E-state index < -0.39 is 5.91 Å². The molecule has 9 heteroatoms. The van der Waals surface area contributed by atoms with Crippen molar-refractivity contribution in [2.24, 2.45) is 5.73 Å². The van der Waals surface area contributed by atoms with Crippen molar-refractivity contribution in [2.75, 3.05) is 30.8 Å². The van der Waals surface area contributed by atoms with Crippen LogP contribution in [-0.2, 0) is 0 Å². The van der Waals surface area contributed by atoms with Crippen LogP contribution >= 0.6 is 11.3 Å². The van der Waals surface area contributed by atoms with Crippen molar-refractivity contribution in [2.45, 2.75) is 25.7 Å². The highest BCUT2D eigenvalue weighted by molar-refractivity contribution is 7.13. The van der Waals surface area contributed by atoms with Gasteiger partial charge in [-0.25, -0.2) is 9.97 Å². The zero-order chi connectivity index (χ0) is 18.7. The van der Waals surface area contributed by atoms with Gasteiger partial charge < -0.3 is 16.4 Å². The molecule has 0 unspecified atom stereocenters. The summed E-state index contributed by atoms with van der Waals surface area (Å²) >= 11 is 1.54. The Morgan fingerprint density at radius 1 is 1.27 bits per heavy atom. The monoisotopic (exact) mass is 373 g/mol. The van der Waals surface area contributed by atoms with E-state index in [1.807, 2.05) is 17.5 Å². The van der Waals surface area contributed by atoms with Crippen LogP contribution < -0.4 is 16.4 Å². The van der Waals surface area contributed by atoms with Crippen LogP contribution in [0.3, 0.4) is 0 Å². The second kappa shape index (κ2) is 7.69. The fourth-order valence-corrected chi connectivity index (χ4v) is 3.66. The SMILES string of the molecule is CN(C(=N)N)C(=O)c1nc(-c2cccs2)c(N2CCCCCC2)nc1N. The molecule has 1 aliphatic rings. The molecule has 138 valence electrons. The highest BCUT2D eigenvalue weighted by Crippen LogP contribution is 2.33. The molecule has 1 fully saturated rings. The number of carbonyl (C=O) groups excluding carboxylic acids is 1. The minimum absolute atomic E-state index is 0.0182. The van der Waals surface area contributed by atoms with Crippen molar-refractivity contribution in [1.82, 2.24) is 14.9 Å². The lowest BCUT2D eigenvalue weighted by Crippen LogP contribution is -2.39. The van der Waals surface area contributed by atoms with Crippen molar-refractivity contribution in [3.63, 3.8) is 0 Å². The number of nitrogen functional groups attached to an aromatic ring is 1. The van der Waals surface area contributed by atoms with E-state index >= 15 is 0 Å². The molecule has 1 saturated heterocycles. The van der Waals surface area contributed by atoms with Gasteiger partial charge in [-0.05, 0) is 24.3 Å². The number of carbonyl (C=O) groups is 1. The van der Waals surface area contributed by atoms with Crippen LogP contribution in [0.1, 0.15) is 36.2 Å². The van der Waals surface area contributed by atoms with E-state index in [2.05, 4.69) is 14.9 Å². The quantitative estimate of drug-likeness (QED) is 0.559. The molecule has 0 atom stereocenters. The van der Waals surface area contributed by atoms with Crippen LogP contribution in [0.2, 0.25) is 0 Å². The van der Waals surface area contributed by atoms with E-state index in [1.165, 1.54) is 31.2 Å². The second-order valence-electron chi connectivity index (χ2n) is 6.26. The number of thiophene rings is 1. The van der Waals surface area contributed by atoms with Gasteiger partial charge in [0.15, 0.2) is 23.3 Å². The number of nitrogens with one attached hydrogen (secondary N) is 1. The molecular weight excluding hydrogens is 350 g/mol. The van der Waals surface area contributed by atoms with Gasteiger partial charge >= 0.3 is 0 Å². The fraction of sp³-hybridized carbons (Fsp3) is 0.412. The first-order chi connectivity index (χ1) is 12.5. The predicted octanol–water partition coefficient (Wildman–Crippen LogP) is 2.13. The molecule has 0 saturated carbocycles. The molecule has 0 aliphatic carbocycles. The van der Waals surface area contributed by atoms with Gasteiger partial charge in [0.2, 0.25) is 0 Å². The topological polar surface area (TPSA) is 125 Å². The number of amides is 1. The summed E-state index contributed by atoms with van der Waals surface area (Å²) in [6.07, 6.45) is 4.60. The number of rotatable bonds is 3.